The molecule has 1 rings (SSSR count). The Balaban J connectivity index is 0.000000490. The van der Waals surface area contributed by atoms with Crippen LogP contribution in [0.5, 0.6) is 0 Å². The zero-order valence-corrected chi connectivity index (χ0v) is 7.95. The van der Waals surface area contributed by atoms with E-state index in [1.54, 1.807) is 0 Å². The van der Waals surface area contributed by atoms with E-state index in [1.165, 1.54) is 17.4 Å². The number of thiophene rings is 1. The smallest absolute Gasteiger partial charge is 0 e. The molecule has 1 radical (unpaired) electrons. The maximum absolute atomic E-state index is 5.14. The zero-order chi connectivity index (χ0) is 5.11. The van der Waals surface area contributed by atoms with E-state index in [9.17, 15) is 0 Å². The van der Waals surface area contributed by atoms with Gasteiger partial charge in [-0.15, -0.1) is 5.38 Å². The Labute approximate surface area is 78.5 Å². The Morgan fingerprint density at radius 3 is 2.75 bits per heavy atom. The molecule has 0 bridgehead atoms. The van der Waals surface area contributed by atoms with Gasteiger partial charge in [-0.25, -0.2) is 6.07 Å². The zero-order valence-electron chi connectivity index (χ0n) is 4.29. The van der Waals surface area contributed by atoms with Crippen LogP contribution in [0.1, 0.15) is 5.56 Å². The molecule has 39 valence electrons. The maximum atomic E-state index is 5.14. The molecule has 0 nitrogen and oxygen atoms in total. The van der Waals surface area contributed by atoms with Crippen LogP contribution in [0.25, 0.3) is 6.08 Å². The van der Waals surface area contributed by atoms with Crippen LogP contribution in [0.2, 0.25) is 0 Å². The fourth-order valence-corrected chi connectivity index (χ4v) is 0.888. The first-order chi connectivity index (χ1) is 3.43. The summed E-state index contributed by atoms with van der Waals surface area (Å²) in [5.41, 5.74) is 0.977. The van der Waals surface area contributed by atoms with Gasteiger partial charge in [-0.1, -0.05) is 0 Å². The fraction of sp³-hybridized carbons (Fsp3) is 0. The van der Waals surface area contributed by atoms with E-state index >= 15 is 0 Å². The van der Waals surface area contributed by atoms with Crippen molar-refractivity contribution in [2.45, 2.75) is 0 Å². The average Bonchev–Trinajstić information content (AvgIpc) is 2.14. The molecular formula is C6H4SY-2. The molecule has 0 fully saturated rings. The minimum absolute atomic E-state index is 0. The first kappa shape index (κ1) is 8.54. The molecule has 2 heteroatoms. The third-order valence-corrected chi connectivity index (χ3v) is 1.30. The van der Waals surface area contributed by atoms with Gasteiger partial charge in [0, 0.05) is 32.7 Å². The van der Waals surface area contributed by atoms with Crippen LogP contribution in [-0.2, 0) is 32.7 Å². The molecule has 0 amide bonds. The Kier molecular flexibility index (Phi) is 4.73. The second kappa shape index (κ2) is 4.43. The van der Waals surface area contributed by atoms with Gasteiger partial charge in [-0.05, 0) is 0 Å². The number of hydrogen-bond acceptors (Lipinski definition) is 1. The number of hydrogen-bond donors (Lipinski definition) is 0. The van der Waals surface area contributed by atoms with Crippen molar-refractivity contribution in [3.8, 4) is 0 Å². The molecule has 0 saturated carbocycles. The summed E-state index contributed by atoms with van der Waals surface area (Å²) in [4.78, 5) is 0. The summed E-state index contributed by atoms with van der Waals surface area (Å²) in [6.07, 6.45) is 1.54. The van der Waals surface area contributed by atoms with E-state index in [4.69, 9.17) is 6.58 Å². The van der Waals surface area contributed by atoms with Gasteiger partial charge in [0.05, 0.1) is 0 Å². The molecule has 0 spiro atoms. The van der Waals surface area contributed by atoms with E-state index in [2.05, 4.69) is 5.38 Å². The summed E-state index contributed by atoms with van der Waals surface area (Å²) in [6.45, 7) is 5.14. The van der Waals surface area contributed by atoms with Gasteiger partial charge >= 0.3 is 0 Å². The molecule has 8 heavy (non-hydrogen) atoms. The van der Waals surface area contributed by atoms with Gasteiger partial charge in [0.15, 0.2) is 0 Å². The van der Waals surface area contributed by atoms with Gasteiger partial charge in [-0.2, -0.15) is 5.38 Å². The van der Waals surface area contributed by atoms with E-state index in [0.717, 1.165) is 5.56 Å². The van der Waals surface area contributed by atoms with E-state index < -0.39 is 0 Å². The topological polar surface area (TPSA) is 0 Å². The van der Waals surface area contributed by atoms with E-state index in [0.29, 0.717) is 0 Å². The molecule has 0 atom stereocenters. The Morgan fingerprint density at radius 2 is 2.50 bits per heavy atom. The largest absolute Gasteiger partial charge is 0.344 e. The molecule has 1 aromatic heterocycles. The van der Waals surface area contributed by atoms with Gasteiger partial charge in [-0.3, -0.25) is 11.3 Å². The Morgan fingerprint density at radius 1 is 1.75 bits per heavy atom. The SMILES string of the molecule is [CH-]=Cc1[c-]scc1.[Y]. The van der Waals surface area contributed by atoms with Crippen molar-refractivity contribution < 1.29 is 32.7 Å². The van der Waals surface area contributed by atoms with Crippen LogP contribution in [-0.4, -0.2) is 0 Å². The van der Waals surface area contributed by atoms with Crippen molar-refractivity contribution in [1.29, 1.82) is 0 Å². The molecular weight excluding hydrogens is 193 g/mol. The van der Waals surface area contributed by atoms with Crippen molar-refractivity contribution in [2.75, 3.05) is 0 Å². The van der Waals surface area contributed by atoms with Crippen LogP contribution in [0.3, 0.4) is 0 Å². The summed E-state index contributed by atoms with van der Waals surface area (Å²) in [5, 5.41) is 4.89. The predicted molar refractivity (Wildman–Crippen MR) is 31.9 cm³/mol. The molecule has 0 aliphatic carbocycles. The summed E-state index contributed by atoms with van der Waals surface area (Å²) in [7, 11) is 0. The molecule has 1 heterocycles. The average molecular weight is 197 g/mol. The second-order valence-electron chi connectivity index (χ2n) is 1.14. The quantitative estimate of drug-likeness (QED) is 0.604. The molecule has 0 saturated heterocycles. The monoisotopic (exact) mass is 197 g/mol. The van der Waals surface area contributed by atoms with E-state index in [-0.39, 0.29) is 32.7 Å². The van der Waals surface area contributed by atoms with Gasteiger partial charge < -0.3 is 18.2 Å². The minimum atomic E-state index is 0. The van der Waals surface area contributed by atoms with Crippen molar-refractivity contribution >= 4 is 17.4 Å². The first-order valence-electron chi connectivity index (χ1n) is 1.93. The third kappa shape index (κ3) is 2.21. The van der Waals surface area contributed by atoms with Crippen molar-refractivity contribution in [3.63, 3.8) is 0 Å². The third-order valence-electron chi connectivity index (χ3n) is 0.672. The summed E-state index contributed by atoms with van der Waals surface area (Å²) >= 11 is 1.53. The van der Waals surface area contributed by atoms with Crippen molar-refractivity contribution in [1.82, 2.24) is 0 Å². The van der Waals surface area contributed by atoms with Crippen LogP contribution < -0.4 is 0 Å². The van der Waals surface area contributed by atoms with Gasteiger partial charge in [0.1, 0.15) is 0 Å². The Bertz CT molecular complexity index is 144. The van der Waals surface area contributed by atoms with Crippen LogP contribution >= 0.6 is 11.3 Å². The standard InChI is InChI=1S/C6H4S.Y/c1-2-6-3-4-7-5-6;/h1-4H;/q-2;. The van der Waals surface area contributed by atoms with Crippen LogP contribution in [0.15, 0.2) is 11.4 Å². The Hall–Kier alpha value is 0.544. The molecule has 0 N–H and O–H groups in total. The maximum Gasteiger partial charge on any atom is 0 e. The van der Waals surface area contributed by atoms with Gasteiger partial charge in [0.25, 0.3) is 0 Å². The summed E-state index contributed by atoms with van der Waals surface area (Å²) in [5.74, 6) is 0. The van der Waals surface area contributed by atoms with E-state index in [1.807, 2.05) is 11.4 Å². The molecule has 1 aromatic rings. The molecule has 0 aliphatic rings. The molecule has 0 aliphatic heterocycles. The van der Waals surface area contributed by atoms with Crippen molar-refractivity contribution in [2.24, 2.45) is 0 Å². The molecule has 0 unspecified atom stereocenters. The second-order valence-corrected chi connectivity index (χ2v) is 1.86. The number of rotatable bonds is 1. The fourth-order valence-electron chi connectivity index (χ4n) is 0.333. The molecule has 0 aromatic carbocycles. The van der Waals surface area contributed by atoms with Crippen molar-refractivity contribution in [3.05, 3.63) is 29.0 Å². The minimum Gasteiger partial charge on any atom is -0.344 e. The van der Waals surface area contributed by atoms with Crippen LogP contribution in [0, 0.1) is 12.0 Å². The predicted octanol–water partition coefficient (Wildman–Crippen LogP) is 1.99. The summed E-state index contributed by atoms with van der Waals surface area (Å²) in [6, 6.07) is 1.92. The first-order valence-corrected chi connectivity index (χ1v) is 2.81. The van der Waals surface area contributed by atoms with Gasteiger partial charge in [0.2, 0.25) is 0 Å². The van der Waals surface area contributed by atoms with Crippen LogP contribution in [0.4, 0.5) is 0 Å². The summed E-state index contributed by atoms with van der Waals surface area (Å²) < 4.78 is 0. The normalized spacial score (nSPS) is 7.50.